The zero-order valence-corrected chi connectivity index (χ0v) is 27.5. The average molecular weight is 644 g/mol. The van der Waals surface area contributed by atoms with E-state index in [4.69, 9.17) is 9.47 Å². The first-order valence-corrected chi connectivity index (χ1v) is 16.8. The van der Waals surface area contributed by atoms with Crippen molar-refractivity contribution in [1.29, 1.82) is 0 Å². The van der Waals surface area contributed by atoms with Crippen LogP contribution in [-0.4, -0.2) is 75.9 Å². The lowest BCUT2D eigenvalue weighted by molar-refractivity contribution is -0.173. The van der Waals surface area contributed by atoms with Crippen LogP contribution < -0.4 is 5.32 Å². The van der Waals surface area contributed by atoms with Crippen LogP contribution in [0, 0.1) is 34.5 Å². The van der Waals surface area contributed by atoms with E-state index in [-0.39, 0.29) is 72.8 Å². The van der Waals surface area contributed by atoms with Gasteiger partial charge in [-0.25, -0.2) is 0 Å². The minimum Gasteiger partial charge on any atom is -0.481 e. The highest BCUT2D eigenvalue weighted by atomic mass is 16.5. The third-order valence-electron chi connectivity index (χ3n) is 12.2. The molecular formula is C35H49NO10. The molecule has 4 fully saturated rings. The molecule has 5 unspecified atom stereocenters. The van der Waals surface area contributed by atoms with Crippen molar-refractivity contribution in [3.63, 3.8) is 0 Å². The Balaban J connectivity index is 1.16. The number of hydrogen-bond donors (Lipinski definition) is 3. The number of ether oxygens (including phenoxy) is 2. The summed E-state index contributed by atoms with van der Waals surface area (Å²) in [6, 6.07) is -0.608. The van der Waals surface area contributed by atoms with E-state index in [1.165, 1.54) is 0 Å². The number of aliphatic carboxylic acids is 1. The fraction of sp³-hybridized carbons (Fsp3) is 0.771. The number of nitrogens with one attached hydrogen (secondary N) is 1. The van der Waals surface area contributed by atoms with Gasteiger partial charge in [0.15, 0.2) is 12.4 Å². The maximum absolute atomic E-state index is 13.8. The van der Waals surface area contributed by atoms with Crippen molar-refractivity contribution in [2.24, 2.45) is 34.5 Å². The zero-order valence-electron chi connectivity index (χ0n) is 27.5. The quantitative estimate of drug-likeness (QED) is 0.299. The van der Waals surface area contributed by atoms with Crippen molar-refractivity contribution in [3.05, 3.63) is 11.6 Å². The maximum atomic E-state index is 13.8. The van der Waals surface area contributed by atoms with Gasteiger partial charge in [-0.1, -0.05) is 19.4 Å². The molecule has 3 N–H and O–H groups in total. The van der Waals surface area contributed by atoms with Crippen LogP contribution in [-0.2, 0) is 38.2 Å². The Morgan fingerprint density at radius 1 is 1.04 bits per heavy atom. The van der Waals surface area contributed by atoms with E-state index in [2.05, 4.69) is 12.2 Å². The molecule has 11 nitrogen and oxygen atoms in total. The molecule has 0 aromatic carbocycles. The monoisotopic (exact) mass is 643 g/mol. The first-order chi connectivity index (χ1) is 21.5. The van der Waals surface area contributed by atoms with Gasteiger partial charge in [-0.3, -0.25) is 28.8 Å². The van der Waals surface area contributed by atoms with Crippen LogP contribution in [0.3, 0.4) is 0 Å². The van der Waals surface area contributed by atoms with E-state index in [0.717, 1.165) is 18.4 Å². The number of carboxylic acids is 1. The summed E-state index contributed by atoms with van der Waals surface area (Å²) in [7, 11) is 0. The number of carboxylic acid groups (broad SMARTS) is 1. The van der Waals surface area contributed by atoms with Gasteiger partial charge in [-0.15, -0.1) is 0 Å². The normalized spacial score (nSPS) is 37.2. The Morgan fingerprint density at radius 2 is 1.78 bits per heavy atom. The summed E-state index contributed by atoms with van der Waals surface area (Å²) < 4.78 is 11.0. The van der Waals surface area contributed by atoms with Crippen molar-refractivity contribution >= 4 is 35.2 Å². The Morgan fingerprint density at radius 3 is 2.48 bits per heavy atom. The first-order valence-electron chi connectivity index (χ1n) is 16.8. The number of carbonyl (C=O) groups excluding carboxylic acids is 5. The molecule has 11 heteroatoms. The van der Waals surface area contributed by atoms with Gasteiger partial charge < -0.3 is 25.0 Å². The molecule has 3 saturated carbocycles. The van der Waals surface area contributed by atoms with Gasteiger partial charge in [0.05, 0.1) is 18.4 Å². The van der Waals surface area contributed by atoms with Crippen LogP contribution in [0.5, 0.6) is 0 Å². The minimum absolute atomic E-state index is 0.00153. The number of amides is 1. The SMILES string of the molecule is CC1(C)CC(C(CC(=O)O)NC(=O)CCC(=O)OCC(=O)[C@@]2(O)CCC3C4CCC5=CC(=O)CC[C@]5(C)C4C(=O)C[C@@]32C)CCO1. The van der Waals surface area contributed by atoms with Gasteiger partial charge in [0.2, 0.25) is 11.7 Å². The molecule has 1 saturated heterocycles. The standard InChI is InChI=1S/C35H49NO10/c1-32(2)17-20(11-14-46-32)25(16-29(41)42)36-28(40)7-8-30(43)45-19-27(39)35(44)13-10-24-23-6-5-21-15-22(37)9-12-33(21,3)31(23)26(38)18-34(24,35)4/h15,20,23-25,31,44H,5-14,16-19H2,1-4H3,(H,36,40)(H,41,42)/t20?,23?,24?,25?,31?,33-,34-,35-/m0/s1. The van der Waals surface area contributed by atoms with Gasteiger partial charge in [-0.2, -0.15) is 0 Å². The molecule has 1 amide bonds. The Hall–Kier alpha value is -2.92. The van der Waals surface area contributed by atoms with E-state index in [9.17, 15) is 39.0 Å². The van der Waals surface area contributed by atoms with Crippen LogP contribution >= 0.6 is 0 Å². The average Bonchev–Trinajstić information content (AvgIpc) is 3.24. The van der Waals surface area contributed by atoms with Crippen LogP contribution in [0.2, 0.25) is 0 Å². The fourth-order valence-electron chi connectivity index (χ4n) is 9.82. The number of esters is 1. The Bertz CT molecular complexity index is 1340. The van der Waals surface area contributed by atoms with Crippen LogP contribution in [0.25, 0.3) is 0 Å². The molecule has 1 heterocycles. The summed E-state index contributed by atoms with van der Waals surface area (Å²) in [4.78, 5) is 76.2. The van der Waals surface area contributed by atoms with Crippen LogP contribution in [0.1, 0.15) is 105 Å². The van der Waals surface area contributed by atoms with Crippen molar-refractivity contribution < 1.29 is 48.5 Å². The van der Waals surface area contributed by atoms with Crippen LogP contribution in [0.4, 0.5) is 0 Å². The highest BCUT2D eigenvalue weighted by Gasteiger charge is 2.68. The number of aliphatic hydroxyl groups is 1. The van der Waals surface area contributed by atoms with Crippen molar-refractivity contribution in [2.45, 2.75) is 122 Å². The maximum Gasteiger partial charge on any atom is 0.306 e. The van der Waals surface area contributed by atoms with Gasteiger partial charge in [0, 0.05) is 43.2 Å². The second-order valence-electron chi connectivity index (χ2n) is 15.5. The topological polar surface area (TPSA) is 173 Å². The van der Waals surface area contributed by atoms with Crippen molar-refractivity contribution in [3.8, 4) is 0 Å². The molecule has 5 rings (SSSR count). The number of allylic oxidation sites excluding steroid dienone is 1. The van der Waals surface area contributed by atoms with Crippen molar-refractivity contribution in [2.75, 3.05) is 13.2 Å². The largest absolute Gasteiger partial charge is 0.481 e. The summed E-state index contributed by atoms with van der Waals surface area (Å²) in [5, 5.41) is 24.0. The summed E-state index contributed by atoms with van der Waals surface area (Å²) in [6.45, 7) is 7.55. The molecule has 46 heavy (non-hydrogen) atoms. The number of carbonyl (C=O) groups is 6. The number of ketones is 3. The molecule has 0 aromatic rings. The molecule has 8 atom stereocenters. The number of rotatable bonds is 10. The molecule has 0 aromatic heterocycles. The fourth-order valence-corrected chi connectivity index (χ4v) is 9.82. The second kappa shape index (κ2) is 12.6. The second-order valence-corrected chi connectivity index (χ2v) is 15.5. The molecule has 0 bridgehead atoms. The predicted molar refractivity (Wildman–Crippen MR) is 164 cm³/mol. The van der Waals surface area contributed by atoms with Gasteiger partial charge in [0.1, 0.15) is 11.4 Å². The molecule has 0 spiro atoms. The van der Waals surface area contributed by atoms with E-state index < -0.39 is 52.9 Å². The lowest BCUT2D eigenvalue weighted by Crippen LogP contribution is -2.61. The molecule has 5 aliphatic rings. The van der Waals surface area contributed by atoms with E-state index in [1.807, 2.05) is 20.8 Å². The van der Waals surface area contributed by atoms with E-state index in [1.54, 1.807) is 6.08 Å². The highest BCUT2D eigenvalue weighted by molar-refractivity contribution is 5.95. The Labute approximate surface area is 270 Å². The molecule has 4 aliphatic carbocycles. The zero-order chi connectivity index (χ0) is 33.7. The summed E-state index contributed by atoms with van der Waals surface area (Å²) >= 11 is 0. The molecular weight excluding hydrogens is 594 g/mol. The number of Topliss-reactive ketones (excluding diaryl/α,β-unsaturated/α-hetero) is 2. The summed E-state index contributed by atoms with van der Waals surface area (Å²) in [6.07, 6.45) is 5.46. The third-order valence-corrected chi connectivity index (χ3v) is 12.2. The summed E-state index contributed by atoms with van der Waals surface area (Å²) in [5.41, 5.74) is -2.57. The molecule has 1 aliphatic heterocycles. The third kappa shape index (κ3) is 6.33. The Kier molecular flexibility index (Phi) is 9.43. The lowest BCUT2D eigenvalue weighted by Gasteiger charge is -2.57. The first kappa shape index (κ1) is 34.4. The van der Waals surface area contributed by atoms with Gasteiger partial charge >= 0.3 is 11.9 Å². The molecule has 254 valence electrons. The molecule has 0 radical (unpaired) electrons. The minimum atomic E-state index is -1.82. The lowest BCUT2D eigenvalue weighted by atomic mass is 9.46. The highest BCUT2D eigenvalue weighted by Crippen LogP contribution is 2.66. The predicted octanol–water partition coefficient (Wildman–Crippen LogP) is 3.49. The van der Waals surface area contributed by atoms with Crippen LogP contribution in [0.15, 0.2) is 11.6 Å². The van der Waals surface area contributed by atoms with Gasteiger partial charge in [-0.05, 0) is 88.0 Å². The summed E-state index contributed by atoms with van der Waals surface area (Å²) in [5.74, 6) is -3.20. The smallest absolute Gasteiger partial charge is 0.306 e. The number of hydrogen-bond acceptors (Lipinski definition) is 9. The van der Waals surface area contributed by atoms with E-state index in [0.29, 0.717) is 38.7 Å². The van der Waals surface area contributed by atoms with Crippen molar-refractivity contribution in [1.82, 2.24) is 5.32 Å². The van der Waals surface area contributed by atoms with E-state index >= 15 is 0 Å². The number of fused-ring (bicyclic) bond motifs is 5. The van der Waals surface area contributed by atoms with Gasteiger partial charge in [0.25, 0.3) is 0 Å².